The molecule has 1 heterocycles. The Morgan fingerprint density at radius 2 is 2.33 bits per heavy atom. The van der Waals surface area contributed by atoms with Crippen LogP contribution in [0.25, 0.3) is 0 Å². The number of halogens is 1. The molecule has 0 amide bonds. The number of ether oxygens (including phenoxy) is 1. The Hall–Kier alpha value is -2.05. The van der Waals surface area contributed by atoms with Crippen molar-refractivity contribution in [2.24, 2.45) is 0 Å². The molecule has 0 saturated carbocycles. The maximum atomic E-state index is 11.4. The molecule has 6 nitrogen and oxygen atoms in total. The number of carbonyl (C=O) groups is 1. The number of nitrogens with one attached hydrogen (secondary N) is 1. The molecule has 1 aromatic carbocycles. The molecule has 0 aliphatic carbocycles. The Morgan fingerprint density at radius 3 is 2.86 bits per heavy atom. The monoisotopic (exact) mass is 310 g/mol. The first-order chi connectivity index (χ1) is 10.0. The van der Waals surface area contributed by atoms with E-state index >= 15 is 0 Å². The predicted molar refractivity (Wildman–Crippen MR) is 76.5 cm³/mol. The number of hydrogen-bond acceptors (Lipinski definition) is 5. The predicted octanol–water partition coefficient (Wildman–Crippen LogP) is 2.56. The molecule has 7 heteroatoms. The van der Waals surface area contributed by atoms with Crippen molar-refractivity contribution in [1.29, 1.82) is 0 Å². The Bertz CT molecular complexity index is 642. The molecule has 0 fully saturated rings. The van der Waals surface area contributed by atoms with Crippen molar-refractivity contribution in [3.63, 3.8) is 0 Å². The van der Waals surface area contributed by atoms with E-state index in [4.69, 9.17) is 20.9 Å². The fourth-order valence-electron chi connectivity index (χ4n) is 1.90. The number of aromatic nitrogens is 1. The van der Waals surface area contributed by atoms with Crippen molar-refractivity contribution in [1.82, 2.24) is 10.5 Å². The van der Waals surface area contributed by atoms with Gasteiger partial charge < -0.3 is 14.4 Å². The van der Waals surface area contributed by atoms with Crippen LogP contribution in [0.15, 0.2) is 29.0 Å². The second kappa shape index (κ2) is 6.60. The second-order valence-corrected chi connectivity index (χ2v) is 4.88. The number of methoxy groups -OCH3 is 1. The highest BCUT2D eigenvalue weighted by atomic mass is 35.5. The number of aliphatic carboxylic acids is 1. The number of aryl methyl sites for hydroxylation is 1. The van der Waals surface area contributed by atoms with E-state index < -0.39 is 12.0 Å². The van der Waals surface area contributed by atoms with Crippen LogP contribution in [0.5, 0.6) is 5.75 Å². The van der Waals surface area contributed by atoms with Gasteiger partial charge in [-0.25, -0.2) is 0 Å². The molecule has 0 aliphatic rings. The van der Waals surface area contributed by atoms with Gasteiger partial charge in [-0.3, -0.25) is 10.1 Å². The maximum absolute atomic E-state index is 11.4. The van der Waals surface area contributed by atoms with Gasteiger partial charge in [-0.05, 0) is 24.6 Å². The summed E-state index contributed by atoms with van der Waals surface area (Å²) >= 11 is 6.03. The Morgan fingerprint density at radius 1 is 1.57 bits per heavy atom. The lowest BCUT2D eigenvalue weighted by Crippen LogP contribution is -2.28. The summed E-state index contributed by atoms with van der Waals surface area (Å²) in [7, 11) is 1.50. The average molecular weight is 311 g/mol. The molecule has 0 saturated heterocycles. The first kappa shape index (κ1) is 15.3. The highest BCUT2D eigenvalue weighted by Gasteiger charge is 2.21. The first-order valence-electron chi connectivity index (χ1n) is 6.22. The van der Waals surface area contributed by atoms with Crippen LogP contribution in [0.4, 0.5) is 0 Å². The summed E-state index contributed by atoms with van der Waals surface area (Å²) in [6.07, 6.45) is 1.49. The van der Waals surface area contributed by atoms with Crippen LogP contribution in [0, 0.1) is 6.92 Å². The van der Waals surface area contributed by atoms with E-state index in [0.29, 0.717) is 22.9 Å². The van der Waals surface area contributed by atoms with Gasteiger partial charge in [-0.15, -0.1) is 0 Å². The Balaban J connectivity index is 2.17. The Labute approximate surface area is 126 Å². The lowest BCUT2D eigenvalue weighted by molar-refractivity contribution is -0.139. The topological polar surface area (TPSA) is 84.6 Å². The van der Waals surface area contributed by atoms with Crippen LogP contribution in [0.3, 0.4) is 0 Å². The number of nitrogens with zero attached hydrogens (tertiary/aromatic N) is 1. The highest BCUT2D eigenvalue weighted by Crippen LogP contribution is 2.28. The minimum absolute atomic E-state index is 0.329. The summed E-state index contributed by atoms with van der Waals surface area (Å²) in [5.41, 5.74) is 2.07. The zero-order valence-electron chi connectivity index (χ0n) is 11.6. The van der Waals surface area contributed by atoms with Gasteiger partial charge in [-0.1, -0.05) is 22.8 Å². The third kappa shape index (κ3) is 3.53. The van der Waals surface area contributed by atoms with Gasteiger partial charge in [0.25, 0.3) is 0 Å². The van der Waals surface area contributed by atoms with Gasteiger partial charge in [0.15, 0.2) is 0 Å². The molecule has 1 unspecified atom stereocenters. The SMILES string of the molecule is COc1ccc(C(NCc2conc2C)C(=O)O)cc1Cl. The molecule has 0 spiro atoms. The molecule has 112 valence electrons. The fraction of sp³-hybridized carbons (Fsp3) is 0.286. The average Bonchev–Trinajstić information content (AvgIpc) is 2.84. The van der Waals surface area contributed by atoms with E-state index in [0.717, 1.165) is 11.3 Å². The van der Waals surface area contributed by atoms with Crippen molar-refractivity contribution in [2.45, 2.75) is 19.5 Å². The smallest absolute Gasteiger partial charge is 0.325 e. The molecule has 1 aromatic heterocycles. The van der Waals surface area contributed by atoms with E-state index in [1.54, 1.807) is 25.1 Å². The van der Waals surface area contributed by atoms with E-state index in [2.05, 4.69) is 10.5 Å². The van der Waals surface area contributed by atoms with Crippen LogP contribution in [0.1, 0.15) is 22.9 Å². The van der Waals surface area contributed by atoms with Crippen LogP contribution in [-0.2, 0) is 11.3 Å². The van der Waals surface area contributed by atoms with E-state index in [1.165, 1.54) is 13.4 Å². The van der Waals surface area contributed by atoms with Crippen molar-refractivity contribution in [3.8, 4) is 5.75 Å². The standard InChI is InChI=1S/C14H15ClN2O4/c1-8-10(7-21-17-8)6-16-13(14(18)19)9-3-4-12(20-2)11(15)5-9/h3-5,7,13,16H,6H2,1-2H3,(H,18,19). The molecule has 2 N–H and O–H groups in total. The lowest BCUT2D eigenvalue weighted by Gasteiger charge is -2.15. The number of rotatable bonds is 6. The summed E-state index contributed by atoms with van der Waals surface area (Å²) in [6.45, 7) is 2.12. The molecule has 21 heavy (non-hydrogen) atoms. The molecule has 1 atom stereocenters. The van der Waals surface area contributed by atoms with Crippen LogP contribution in [-0.4, -0.2) is 23.3 Å². The summed E-state index contributed by atoms with van der Waals surface area (Å²) in [6, 6.07) is 3.99. The van der Waals surface area contributed by atoms with Crippen LogP contribution < -0.4 is 10.1 Å². The summed E-state index contributed by atoms with van der Waals surface area (Å²) < 4.78 is 9.87. The zero-order chi connectivity index (χ0) is 15.4. The van der Waals surface area contributed by atoms with Gasteiger partial charge in [0.1, 0.15) is 18.1 Å². The number of carboxylic acid groups (broad SMARTS) is 1. The summed E-state index contributed by atoms with van der Waals surface area (Å²) in [4.78, 5) is 11.4. The number of hydrogen-bond donors (Lipinski definition) is 2. The molecule has 2 rings (SSSR count). The van der Waals surface area contributed by atoms with E-state index in [9.17, 15) is 9.90 Å². The van der Waals surface area contributed by atoms with Gasteiger partial charge in [-0.2, -0.15) is 0 Å². The normalized spacial score (nSPS) is 12.1. The second-order valence-electron chi connectivity index (χ2n) is 4.47. The maximum Gasteiger partial charge on any atom is 0.325 e. The first-order valence-corrected chi connectivity index (χ1v) is 6.60. The molecular formula is C14H15ClN2O4. The molecule has 0 bridgehead atoms. The zero-order valence-corrected chi connectivity index (χ0v) is 12.3. The highest BCUT2D eigenvalue weighted by molar-refractivity contribution is 6.32. The van der Waals surface area contributed by atoms with Crippen molar-refractivity contribution in [2.75, 3.05) is 7.11 Å². The minimum atomic E-state index is -0.995. The molecule has 0 aliphatic heterocycles. The summed E-state index contributed by atoms with van der Waals surface area (Å²) in [5, 5.41) is 16.4. The van der Waals surface area contributed by atoms with Crippen molar-refractivity contribution < 1.29 is 19.2 Å². The molecule has 2 aromatic rings. The fourth-order valence-corrected chi connectivity index (χ4v) is 2.17. The van der Waals surface area contributed by atoms with Crippen LogP contribution >= 0.6 is 11.6 Å². The molecular weight excluding hydrogens is 296 g/mol. The molecule has 0 radical (unpaired) electrons. The van der Waals surface area contributed by atoms with Crippen molar-refractivity contribution in [3.05, 3.63) is 46.3 Å². The van der Waals surface area contributed by atoms with Gasteiger partial charge in [0.2, 0.25) is 0 Å². The number of carboxylic acids is 1. The van der Waals surface area contributed by atoms with E-state index in [-0.39, 0.29) is 0 Å². The minimum Gasteiger partial charge on any atom is -0.495 e. The third-order valence-corrected chi connectivity index (χ3v) is 3.40. The van der Waals surface area contributed by atoms with Crippen LogP contribution in [0.2, 0.25) is 5.02 Å². The van der Waals surface area contributed by atoms with E-state index in [1.807, 2.05) is 0 Å². The van der Waals surface area contributed by atoms with Gasteiger partial charge in [0, 0.05) is 12.1 Å². The lowest BCUT2D eigenvalue weighted by atomic mass is 10.1. The summed E-state index contributed by atoms with van der Waals surface area (Å²) in [5.74, 6) is -0.496. The number of benzene rings is 1. The van der Waals surface area contributed by atoms with Crippen molar-refractivity contribution >= 4 is 17.6 Å². The quantitative estimate of drug-likeness (QED) is 0.853. The van der Waals surface area contributed by atoms with Gasteiger partial charge in [0.05, 0.1) is 17.8 Å². The van der Waals surface area contributed by atoms with Gasteiger partial charge >= 0.3 is 5.97 Å². The third-order valence-electron chi connectivity index (χ3n) is 3.10. The largest absolute Gasteiger partial charge is 0.495 e. The Kier molecular flexibility index (Phi) is 4.82.